The maximum Gasteiger partial charge on any atom is 0.209 e. The van der Waals surface area contributed by atoms with Gasteiger partial charge in [0.25, 0.3) is 0 Å². The van der Waals surface area contributed by atoms with Crippen molar-refractivity contribution in [1.29, 1.82) is 0 Å². The van der Waals surface area contributed by atoms with E-state index in [1.54, 1.807) is 24.0 Å². The molecule has 0 spiro atoms. The van der Waals surface area contributed by atoms with Gasteiger partial charge in [0.1, 0.15) is 5.65 Å². The Morgan fingerprint density at radius 1 is 1.20 bits per heavy atom. The van der Waals surface area contributed by atoms with Gasteiger partial charge in [0.2, 0.25) is 10.0 Å². The van der Waals surface area contributed by atoms with Crippen molar-refractivity contribution in [1.82, 2.24) is 23.9 Å². The Balaban J connectivity index is 1.58. The Labute approximate surface area is 203 Å². The third-order valence-electron chi connectivity index (χ3n) is 5.90. The van der Waals surface area contributed by atoms with Crippen molar-refractivity contribution >= 4 is 15.7 Å². The van der Waals surface area contributed by atoms with E-state index in [0.29, 0.717) is 30.6 Å². The van der Waals surface area contributed by atoms with Crippen LogP contribution in [0.15, 0.2) is 42.7 Å². The van der Waals surface area contributed by atoms with Crippen LogP contribution < -0.4 is 15.2 Å². The molecule has 0 fully saturated rings. The number of hydrogen-bond acceptors (Lipinski definition) is 6. The first-order valence-electron chi connectivity index (χ1n) is 11.2. The van der Waals surface area contributed by atoms with E-state index in [2.05, 4.69) is 14.8 Å². The number of benzene rings is 1. The van der Waals surface area contributed by atoms with Crippen molar-refractivity contribution in [3.8, 4) is 16.9 Å². The Hall–Kier alpha value is -3.28. The molecule has 0 bridgehead atoms. The average molecular weight is 501 g/mol. The molecule has 0 saturated heterocycles. The molecule has 1 aromatic carbocycles. The van der Waals surface area contributed by atoms with Gasteiger partial charge in [-0.3, -0.25) is 4.68 Å². The van der Waals surface area contributed by atoms with Crippen LogP contribution in [0, 0.1) is 12.7 Å². The van der Waals surface area contributed by atoms with Gasteiger partial charge in [-0.05, 0) is 31.7 Å². The van der Waals surface area contributed by atoms with E-state index in [0.717, 1.165) is 34.4 Å². The molecular formula is C24H29FN6O3S. The quantitative estimate of drug-likeness (QED) is 0.345. The van der Waals surface area contributed by atoms with Gasteiger partial charge in [0, 0.05) is 60.4 Å². The lowest BCUT2D eigenvalue weighted by atomic mass is 10.1. The molecule has 0 radical (unpaired) electrons. The highest BCUT2D eigenvalue weighted by Gasteiger charge is 2.17. The lowest BCUT2D eigenvalue weighted by molar-refractivity contribution is 0.306. The van der Waals surface area contributed by atoms with Crippen LogP contribution in [0.1, 0.15) is 22.6 Å². The second-order valence-corrected chi connectivity index (χ2v) is 10.2. The molecule has 3 aromatic heterocycles. The second kappa shape index (κ2) is 10.1. The fourth-order valence-corrected chi connectivity index (χ4v) is 4.45. The van der Waals surface area contributed by atoms with Gasteiger partial charge in [-0.25, -0.2) is 22.5 Å². The molecule has 0 saturated carbocycles. The molecule has 3 N–H and O–H groups in total. The third-order valence-corrected chi connectivity index (χ3v) is 6.57. The molecule has 4 aromatic rings. The maximum absolute atomic E-state index is 14.9. The minimum atomic E-state index is -3.36. The zero-order valence-corrected chi connectivity index (χ0v) is 20.8. The van der Waals surface area contributed by atoms with Crippen molar-refractivity contribution in [2.45, 2.75) is 26.3 Å². The fraction of sp³-hybridized carbons (Fsp3) is 0.333. The molecule has 0 aliphatic heterocycles. The number of fused-ring (bicyclic) bond motifs is 1. The predicted octanol–water partition coefficient (Wildman–Crippen LogP) is 2.35. The van der Waals surface area contributed by atoms with E-state index in [9.17, 15) is 12.8 Å². The number of para-hydroxylation sites is 1. The number of nitrogens with one attached hydrogen (secondary N) is 1. The molecule has 3 heterocycles. The number of halogens is 1. The minimum absolute atomic E-state index is 0.0802. The zero-order valence-electron chi connectivity index (χ0n) is 20.0. The summed E-state index contributed by atoms with van der Waals surface area (Å²) >= 11 is 0. The first kappa shape index (κ1) is 24.8. The van der Waals surface area contributed by atoms with E-state index in [4.69, 9.17) is 10.5 Å². The van der Waals surface area contributed by atoms with Crippen LogP contribution in [0.3, 0.4) is 0 Å². The lowest BCUT2D eigenvalue weighted by Crippen LogP contribution is -2.22. The molecule has 0 aliphatic rings. The van der Waals surface area contributed by atoms with E-state index < -0.39 is 15.8 Å². The number of imidazole rings is 1. The molecule has 0 atom stereocenters. The highest BCUT2D eigenvalue weighted by Crippen LogP contribution is 2.33. The summed E-state index contributed by atoms with van der Waals surface area (Å²) in [5.74, 6) is -0.304. The number of ether oxygens (including phenoxy) is 1. The molecule has 35 heavy (non-hydrogen) atoms. The van der Waals surface area contributed by atoms with Crippen molar-refractivity contribution in [2.24, 2.45) is 12.8 Å². The monoisotopic (exact) mass is 500 g/mol. The van der Waals surface area contributed by atoms with Gasteiger partial charge in [-0.15, -0.1) is 0 Å². The summed E-state index contributed by atoms with van der Waals surface area (Å²) in [6.07, 6.45) is 5.93. The topological polar surface area (TPSA) is 117 Å². The van der Waals surface area contributed by atoms with Crippen molar-refractivity contribution in [2.75, 3.05) is 19.4 Å². The molecule has 186 valence electrons. The summed E-state index contributed by atoms with van der Waals surface area (Å²) in [7, 11) is -1.56. The first-order valence-corrected chi connectivity index (χ1v) is 13.1. The van der Waals surface area contributed by atoms with Crippen LogP contribution in [0.25, 0.3) is 16.8 Å². The normalized spacial score (nSPS) is 11.9. The van der Waals surface area contributed by atoms with E-state index in [1.807, 2.05) is 35.7 Å². The molecule has 4 rings (SSSR count). The van der Waals surface area contributed by atoms with Crippen molar-refractivity contribution in [3.05, 3.63) is 71.2 Å². The number of nitrogens with zero attached hydrogens (tertiary/aromatic N) is 4. The van der Waals surface area contributed by atoms with Crippen molar-refractivity contribution < 1.29 is 17.5 Å². The van der Waals surface area contributed by atoms with Crippen LogP contribution in [0.2, 0.25) is 0 Å². The Bertz CT molecular complexity index is 1460. The van der Waals surface area contributed by atoms with Crippen LogP contribution in [0.4, 0.5) is 4.39 Å². The van der Waals surface area contributed by atoms with E-state index in [-0.39, 0.29) is 18.9 Å². The van der Waals surface area contributed by atoms with E-state index >= 15 is 0 Å². The maximum atomic E-state index is 14.9. The summed E-state index contributed by atoms with van der Waals surface area (Å²) in [5.41, 5.74) is 11.3. The van der Waals surface area contributed by atoms with Gasteiger partial charge in [0.15, 0.2) is 11.6 Å². The van der Waals surface area contributed by atoms with Crippen LogP contribution in [0.5, 0.6) is 5.75 Å². The zero-order chi connectivity index (χ0) is 25.2. The minimum Gasteiger partial charge on any atom is -0.490 e. The number of rotatable bonds is 10. The summed E-state index contributed by atoms with van der Waals surface area (Å²) in [6, 6.07) is 8.60. The standard InChI is InChI=1S/C24H29FN6O3S/c1-16-19(22(29-30(16)2)14-28-35(3,32)33)10-12-34-24-20(5-4-6-21(24)25)17-7-8-23-27-13-18(9-11-26)31(23)15-17/h4-8,13,15,28H,9-12,14,26H2,1-3H3. The molecule has 11 heteroatoms. The molecule has 0 aliphatic carbocycles. The first-order chi connectivity index (χ1) is 16.7. The molecular weight excluding hydrogens is 471 g/mol. The summed E-state index contributed by atoms with van der Waals surface area (Å²) in [5, 5.41) is 4.41. The summed E-state index contributed by atoms with van der Waals surface area (Å²) < 4.78 is 50.0. The predicted molar refractivity (Wildman–Crippen MR) is 132 cm³/mol. The van der Waals surface area contributed by atoms with Crippen molar-refractivity contribution in [3.63, 3.8) is 0 Å². The third kappa shape index (κ3) is 5.53. The summed E-state index contributed by atoms with van der Waals surface area (Å²) in [6.45, 7) is 2.68. The number of pyridine rings is 1. The lowest BCUT2D eigenvalue weighted by Gasteiger charge is -2.14. The highest BCUT2D eigenvalue weighted by atomic mass is 32.2. The number of nitrogens with two attached hydrogens (primary N) is 1. The highest BCUT2D eigenvalue weighted by molar-refractivity contribution is 7.88. The van der Waals surface area contributed by atoms with Gasteiger partial charge in [-0.1, -0.05) is 12.1 Å². The Kier molecular flexibility index (Phi) is 7.20. The number of hydrogen-bond donors (Lipinski definition) is 2. The van der Waals surface area contributed by atoms with Gasteiger partial charge < -0.3 is 14.9 Å². The Morgan fingerprint density at radius 2 is 2.00 bits per heavy atom. The molecule has 9 nitrogen and oxygen atoms in total. The van der Waals surface area contributed by atoms with E-state index in [1.165, 1.54) is 6.07 Å². The molecule has 0 unspecified atom stereocenters. The molecule has 0 amide bonds. The van der Waals surface area contributed by atoms with Gasteiger partial charge >= 0.3 is 0 Å². The second-order valence-electron chi connectivity index (χ2n) is 8.38. The Morgan fingerprint density at radius 3 is 2.74 bits per heavy atom. The van der Waals surface area contributed by atoms with Crippen LogP contribution in [-0.4, -0.2) is 47.0 Å². The number of aryl methyl sites for hydroxylation is 1. The SMILES string of the molecule is Cc1c(CCOc2c(F)cccc2-c2ccc3ncc(CCN)n3c2)c(CNS(C)(=O)=O)nn1C. The fourth-order valence-electron chi connectivity index (χ4n) is 4.05. The summed E-state index contributed by atoms with van der Waals surface area (Å²) in [4.78, 5) is 4.40. The number of aromatic nitrogens is 4. The average Bonchev–Trinajstić information content (AvgIpc) is 3.33. The van der Waals surface area contributed by atoms with Crippen LogP contribution in [-0.2, 0) is 36.5 Å². The number of sulfonamides is 1. The smallest absolute Gasteiger partial charge is 0.209 e. The van der Waals surface area contributed by atoms with Crippen LogP contribution >= 0.6 is 0 Å². The largest absolute Gasteiger partial charge is 0.490 e. The van der Waals surface area contributed by atoms with Gasteiger partial charge in [-0.2, -0.15) is 5.10 Å². The van der Waals surface area contributed by atoms with Gasteiger partial charge in [0.05, 0.1) is 25.1 Å².